The summed E-state index contributed by atoms with van der Waals surface area (Å²) in [6.45, 7) is 3.17. The zero-order chi connectivity index (χ0) is 25.6. The molecule has 0 aliphatic carbocycles. The maximum Gasteiger partial charge on any atom is 0.364 e. The van der Waals surface area contributed by atoms with Crippen LogP contribution in [0.2, 0.25) is 0 Å². The fraction of sp³-hybridized carbons (Fsp3) is 0.259. The van der Waals surface area contributed by atoms with Gasteiger partial charge in [-0.2, -0.15) is 4.89 Å². The number of nitrogens with zero attached hydrogens (tertiary/aromatic N) is 1. The van der Waals surface area contributed by atoms with Crippen molar-refractivity contribution in [2.75, 3.05) is 7.11 Å². The molecule has 0 saturated carbocycles. The van der Waals surface area contributed by atoms with Gasteiger partial charge in [-0.05, 0) is 35.2 Å². The second kappa shape index (κ2) is 10.9. The Morgan fingerprint density at radius 2 is 1.71 bits per heavy atom. The highest BCUT2D eigenvalue weighted by atomic mass is 31.1. The minimum Gasteiger partial charge on any atom is -0.375 e. The smallest absolute Gasteiger partial charge is 0.364 e. The number of benzene rings is 2. The average molecular weight is 493 g/mol. The molecule has 0 radical (unpaired) electrons. The number of carbonyl (C=O) groups is 1. The van der Waals surface area contributed by atoms with E-state index >= 15 is 0 Å². The van der Waals surface area contributed by atoms with E-state index in [0.717, 1.165) is 12.7 Å². The summed E-state index contributed by atoms with van der Waals surface area (Å²) in [7, 11) is 0.337. The van der Waals surface area contributed by atoms with Crippen molar-refractivity contribution < 1.29 is 28.6 Å². The maximum atomic E-state index is 13.8. The number of carbonyl (C=O) groups excluding carboxylic acids is 1. The molecule has 3 unspecified atom stereocenters. The van der Waals surface area contributed by atoms with E-state index in [0.29, 0.717) is 16.8 Å². The van der Waals surface area contributed by atoms with E-state index in [2.05, 4.69) is 15.8 Å². The molecule has 35 heavy (non-hydrogen) atoms. The predicted octanol–water partition coefficient (Wildman–Crippen LogP) is 5.18. The lowest BCUT2D eigenvalue weighted by Crippen LogP contribution is -2.61. The molecule has 3 atom stereocenters. The molecule has 1 aromatic heterocycles. The SMILES string of the molecule is C#CC(O)(C(c1ccc(F)cc1)c1ccc(-c2ccccc2)nc1)C(P=O)(C(=O)OOC)C(C)C. The lowest BCUT2D eigenvalue weighted by atomic mass is 9.67. The van der Waals surface area contributed by atoms with Crippen molar-refractivity contribution in [2.24, 2.45) is 5.92 Å². The number of hydrogen-bond donors (Lipinski definition) is 1. The average Bonchev–Trinajstić information content (AvgIpc) is 2.87. The highest BCUT2D eigenvalue weighted by Gasteiger charge is 2.64. The molecule has 6 nitrogen and oxygen atoms in total. The van der Waals surface area contributed by atoms with Crippen LogP contribution in [0.15, 0.2) is 72.9 Å². The summed E-state index contributed by atoms with van der Waals surface area (Å²) in [5.41, 5.74) is -0.0285. The normalized spacial score (nSPS) is 15.6. The minimum atomic E-state index is -2.39. The Hall–Kier alpha value is -3.43. The second-order valence-corrected chi connectivity index (χ2v) is 9.18. The van der Waals surface area contributed by atoms with Crippen LogP contribution in [0.5, 0.6) is 0 Å². The van der Waals surface area contributed by atoms with Gasteiger partial charge in [-0.1, -0.05) is 68.3 Å². The minimum absolute atomic E-state index is 0.389. The Morgan fingerprint density at radius 1 is 1.09 bits per heavy atom. The van der Waals surface area contributed by atoms with Crippen molar-refractivity contribution in [1.29, 1.82) is 0 Å². The first-order valence-electron chi connectivity index (χ1n) is 10.8. The van der Waals surface area contributed by atoms with Crippen molar-refractivity contribution in [3.8, 4) is 23.6 Å². The molecule has 0 spiro atoms. The van der Waals surface area contributed by atoms with Gasteiger partial charge in [0.1, 0.15) is 5.82 Å². The van der Waals surface area contributed by atoms with Crippen LogP contribution >= 0.6 is 8.46 Å². The van der Waals surface area contributed by atoms with Gasteiger partial charge < -0.3 is 5.11 Å². The Kier molecular flexibility index (Phi) is 8.14. The van der Waals surface area contributed by atoms with Crippen LogP contribution in [0.25, 0.3) is 11.3 Å². The third-order valence-corrected chi connectivity index (χ3v) is 7.39. The van der Waals surface area contributed by atoms with E-state index in [9.17, 15) is 18.9 Å². The Labute approximate surface area is 205 Å². The first-order chi connectivity index (χ1) is 16.7. The summed E-state index contributed by atoms with van der Waals surface area (Å²) in [5.74, 6) is -1.16. The number of rotatable bonds is 9. The van der Waals surface area contributed by atoms with Crippen LogP contribution in [0, 0.1) is 24.1 Å². The van der Waals surface area contributed by atoms with Crippen LogP contribution in [0.3, 0.4) is 0 Å². The third-order valence-electron chi connectivity index (χ3n) is 6.06. The monoisotopic (exact) mass is 493 g/mol. The molecular formula is C27H25FNO5P. The second-order valence-electron chi connectivity index (χ2n) is 8.29. The Morgan fingerprint density at radius 3 is 2.20 bits per heavy atom. The van der Waals surface area contributed by atoms with E-state index in [1.54, 1.807) is 26.0 Å². The molecule has 180 valence electrons. The molecule has 3 aromatic rings. The van der Waals surface area contributed by atoms with Gasteiger partial charge in [0, 0.05) is 11.8 Å². The number of aromatic nitrogens is 1. The largest absolute Gasteiger partial charge is 0.375 e. The van der Waals surface area contributed by atoms with Gasteiger partial charge in [0.2, 0.25) is 0 Å². The summed E-state index contributed by atoms with van der Waals surface area (Å²) in [6, 6.07) is 18.2. The zero-order valence-corrected chi connectivity index (χ0v) is 20.4. The van der Waals surface area contributed by atoms with E-state index < -0.39 is 42.8 Å². The molecule has 0 fully saturated rings. The van der Waals surface area contributed by atoms with E-state index in [-0.39, 0.29) is 0 Å². The number of halogens is 1. The first kappa shape index (κ1) is 26.2. The van der Waals surface area contributed by atoms with Gasteiger partial charge in [-0.25, -0.2) is 9.18 Å². The van der Waals surface area contributed by atoms with Crippen LogP contribution in [-0.2, 0) is 19.1 Å². The van der Waals surface area contributed by atoms with Crippen molar-refractivity contribution in [3.63, 3.8) is 0 Å². The lowest BCUT2D eigenvalue weighted by molar-refractivity contribution is -0.262. The summed E-state index contributed by atoms with van der Waals surface area (Å²) in [5, 5.41) is 9.97. The van der Waals surface area contributed by atoms with Crippen molar-refractivity contribution in [1.82, 2.24) is 4.98 Å². The fourth-order valence-corrected chi connectivity index (χ4v) is 4.94. The zero-order valence-electron chi connectivity index (χ0n) is 19.5. The van der Waals surface area contributed by atoms with Crippen LogP contribution in [0.1, 0.15) is 30.9 Å². The van der Waals surface area contributed by atoms with Crippen molar-refractivity contribution in [3.05, 3.63) is 89.9 Å². The number of terminal acetylenes is 1. The molecule has 0 aliphatic heterocycles. The van der Waals surface area contributed by atoms with Crippen molar-refractivity contribution in [2.45, 2.75) is 30.5 Å². The standard InChI is InChI=1S/C27H25FNO5P/c1-5-26(31,27(35-32,18(2)3)25(30)34-33-4)24(20-11-14-22(28)15-12-20)21-13-16-23(29-17-21)19-9-7-6-8-10-19/h1,6-18,24,31H,2-4H3. The molecule has 3 rings (SSSR count). The third kappa shape index (κ3) is 4.74. The quantitative estimate of drug-likeness (QED) is 0.192. The van der Waals surface area contributed by atoms with Crippen LogP contribution in [0.4, 0.5) is 4.39 Å². The molecule has 0 aliphatic rings. The summed E-state index contributed by atoms with van der Waals surface area (Å²) >= 11 is 0. The Bertz CT molecular complexity index is 1210. The summed E-state index contributed by atoms with van der Waals surface area (Å²) < 4.78 is 26.4. The topological polar surface area (TPSA) is 85.7 Å². The van der Waals surface area contributed by atoms with Crippen LogP contribution < -0.4 is 0 Å². The summed E-state index contributed by atoms with van der Waals surface area (Å²) in [4.78, 5) is 26.9. The number of aliphatic hydroxyl groups is 1. The van der Waals surface area contributed by atoms with Crippen LogP contribution in [-0.4, -0.2) is 33.9 Å². The van der Waals surface area contributed by atoms with Gasteiger partial charge in [-0.3, -0.25) is 14.4 Å². The van der Waals surface area contributed by atoms with E-state index in [4.69, 9.17) is 11.3 Å². The van der Waals surface area contributed by atoms with E-state index in [1.807, 2.05) is 30.3 Å². The Balaban J connectivity index is 2.26. The van der Waals surface area contributed by atoms with E-state index in [1.165, 1.54) is 30.5 Å². The fourth-order valence-electron chi connectivity index (χ4n) is 4.28. The van der Waals surface area contributed by atoms with Gasteiger partial charge in [0.05, 0.1) is 18.7 Å². The van der Waals surface area contributed by atoms with Gasteiger partial charge in [-0.15, -0.1) is 6.42 Å². The highest BCUT2D eigenvalue weighted by molar-refractivity contribution is 7.28. The highest BCUT2D eigenvalue weighted by Crippen LogP contribution is 2.51. The molecule has 1 heterocycles. The molecule has 8 heteroatoms. The first-order valence-corrected chi connectivity index (χ1v) is 11.6. The van der Waals surface area contributed by atoms with Crippen molar-refractivity contribution >= 4 is 14.4 Å². The molecule has 1 N–H and O–H groups in total. The molecule has 2 aromatic carbocycles. The summed E-state index contributed by atoms with van der Waals surface area (Å²) in [6.07, 6.45) is 7.40. The van der Waals surface area contributed by atoms with Gasteiger partial charge >= 0.3 is 5.97 Å². The molecule has 0 amide bonds. The maximum absolute atomic E-state index is 13.8. The van der Waals surface area contributed by atoms with Gasteiger partial charge in [0.15, 0.2) is 19.2 Å². The lowest BCUT2D eigenvalue weighted by Gasteiger charge is -2.44. The number of pyridine rings is 1. The van der Waals surface area contributed by atoms with Gasteiger partial charge in [0.25, 0.3) is 0 Å². The number of hydrogen-bond acceptors (Lipinski definition) is 6. The molecular weight excluding hydrogens is 468 g/mol. The predicted molar refractivity (Wildman–Crippen MR) is 130 cm³/mol. The molecule has 0 saturated heterocycles. The molecule has 0 bridgehead atoms.